The highest BCUT2D eigenvalue weighted by atomic mass is 16.3. The Morgan fingerprint density at radius 1 is 0.550 bits per heavy atom. The van der Waals surface area contributed by atoms with Gasteiger partial charge in [0, 0.05) is 0 Å². The maximum absolute atomic E-state index is 9.41. The number of hydrogen-bond donors (Lipinski definition) is 1. The average Bonchev–Trinajstić information content (AvgIpc) is 2.56. The van der Waals surface area contributed by atoms with E-state index in [1.54, 1.807) is 0 Å². The van der Waals surface area contributed by atoms with E-state index < -0.39 is 0 Å². The summed E-state index contributed by atoms with van der Waals surface area (Å²) in [6, 6.07) is 26.7. The molecule has 0 aliphatic rings. The van der Waals surface area contributed by atoms with Crippen LogP contribution in [0.25, 0.3) is 22.3 Å². The van der Waals surface area contributed by atoms with Crippen molar-refractivity contribution in [3.63, 3.8) is 0 Å². The summed E-state index contributed by atoms with van der Waals surface area (Å²) in [6.07, 6.45) is 0. The van der Waals surface area contributed by atoms with Crippen molar-refractivity contribution in [1.29, 1.82) is 0 Å². The zero-order valence-corrected chi connectivity index (χ0v) is 11.2. The largest absolute Gasteiger partial charge is 0.392 e. The highest BCUT2D eigenvalue weighted by Crippen LogP contribution is 2.27. The third-order valence-electron chi connectivity index (χ3n) is 3.49. The molecule has 0 aromatic heterocycles. The van der Waals surface area contributed by atoms with E-state index in [1.807, 2.05) is 42.5 Å². The molecule has 0 fully saturated rings. The smallest absolute Gasteiger partial charge is 0.0687 e. The van der Waals surface area contributed by atoms with Gasteiger partial charge in [0.1, 0.15) is 0 Å². The van der Waals surface area contributed by atoms with Crippen LogP contribution in [0.4, 0.5) is 0 Å². The van der Waals surface area contributed by atoms with Crippen molar-refractivity contribution in [2.45, 2.75) is 6.61 Å². The minimum absolute atomic E-state index is 0.0661. The van der Waals surface area contributed by atoms with E-state index in [9.17, 15) is 5.11 Å². The van der Waals surface area contributed by atoms with Gasteiger partial charge in [-0.05, 0) is 27.8 Å². The summed E-state index contributed by atoms with van der Waals surface area (Å²) in [5.74, 6) is 0. The van der Waals surface area contributed by atoms with E-state index in [0.29, 0.717) is 0 Å². The van der Waals surface area contributed by atoms with Crippen LogP contribution >= 0.6 is 0 Å². The molecule has 1 heteroatoms. The zero-order chi connectivity index (χ0) is 13.8. The molecule has 98 valence electrons. The lowest BCUT2D eigenvalue weighted by atomic mass is 9.97. The number of aliphatic hydroxyl groups is 1. The van der Waals surface area contributed by atoms with Crippen LogP contribution in [0.15, 0.2) is 78.9 Å². The molecule has 3 rings (SSSR count). The monoisotopic (exact) mass is 260 g/mol. The van der Waals surface area contributed by atoms with Crippen LogP contribution in [0.1, 0.15) is 5.56 Å². The molecule has 20 heavy (non-hydrogen) atoms. The Hall–Kier alpha value is -2.38. The van der Waals surface area contributed by atoms with Crippen molar-refractivity contribution in [1.82, 2.24) is 0 Å². The predicted molar refractivity (Wildman–Crippen MR) is 83.2 cm³/mol. The molecule has 1 nitrogen and oxygen atoms in total. The lowest BCUT2D eigenvalue weighted by Gasteiger charge is -2.08. The fraction of sp³-hybridized carbons (Fsp3) is 0.0526. The topological polar surface area (TPSA) is 20.2 Å². The summed E-state index contributed by atoms with van der Waals surface area (Å²) in [7, 11) is 0. The Balaban J connectivity index is 1.98. The predicted octanol–water partition coefficient (Wildman–Crippen LogP) is 4.51. The summed E-state index contributed by atoms with van der Waals surface area (Å²) >= 11 is 0. The molecule has 1 N–H and O–H groups in total. The van der Waals surface area contributed by atoms with Gasteiger partial charge in [0.25, 0.3) is 0 Å². The molecule has 3 aromatic carbocycles. The summed E-state index contributed by atoms with van der Waals surface area (Å²) in [5, 5.41) is 9.41. The normalized spacial score (nSPS) is 10.4. The molecule has 0 saturated heterocycles. The molecule has 0 saturated carbocycles. The van der Waals surface area contributed by atoms with E-state index in [-0.39, 0.29) is 6.61 Å². The van der Waals surface area contributed by atoms with Gasteiger partial charge in [0.15, 0.2) is 0 Å². The van der Waals surface area contributed by atoms with Crippen molar-refractivity contribution < 1.29 is 5.11 Å². The minimum Gasteiger partial charge on any atom is -0.392 e. The Labute approximate surface area is 119 Å². The van der Waals surface area contributed by atoms with Gasteiger partial charge in [-0.15, -0.1) is 0 Å². The van der Waals surface area contributed by atoms with Crippen LogP contribution in [0, 0.1) is 0 Å². The highest BCUT2D eigenvalue weighted by Gasteiger charge is 2.04. The maximum atomic E-state index is 9.41. The second-order valence-electron chi connectivity index (χ2n) is 4.76. The molecule has 0 amide bonds. The van der Waals surface area contributed by atoms with Gasteiger partial charge in [-0.1, -0.05) is 78.9 Å². The van der Waals surface area contributed by atoms with E-state index in [4.69, 9.17) is 0 Å². The molecule has 0 spiro atoms. The van der Waals surface area contributed by atoms with E-state index in [0.717, 1.165) is 16.7 Å². The second-order valence-corrected chi connectivity index (χ2v) is 4.76. The summed E-state index contributed by atoms with van der Waals surface area (Å²) in [6.45, 7) is 0.0661. The summed E-state index contributed by atoms with van der Waals surface area (Å²) < 4.78 is 0. The number of aliphatic hydroxyl groups excluding tert-OH is 1. The van der Waals surface area contributed by atoms with Gasteiger partial charge in [-0.3, -0.25) is 0 Å². The summed E-state index contributed by atoms with van der Waals surface area (Å²) in [4.78, 5) is 0. The van der Waals surface area contributed by atoms with Crippen LogP contribution < -0.4 is 0 Å². The number of hydrogen-bond acceptors (Lipinski definition) is 1. The van der Waals surface area contributed by atoms with Gasteiger partial charge in [-0.2, -0.15) is 0 Å². The molecular weight excluding hydrogens is 244 g/mol. The van der Waals surface area contributed by atoms with Gasteiger partial charge in [-0.25, -0.2) is 0 Å². The van der Waals surface area contributed by atoms with Crippen molar-refractivity contribution in [3.05, 3.63) is 84.4 Å². The molecule has 0 radical (unpaired) electrons. The minimum atomic E-state index is 0.0661. The first-order chi connectivity index (χ1) is 9.88. The third-order valence-corrected chi connectivity index (χ3v) is 3.49. The fourth-order valence-electron chi connectivity index (χ4n) is 2.41. The van der Waals surface area contributed by atoms with Crippen LogP contribution in [0.5, 0.6) is 0 Å². The first-order valence-corrected chi connectivity index (χ1v) is 6.73. The van der Waals surface area contributed by atoms with Crippen molar-refractivity contribution in [2.24, 2.45) is 0 Å². The van der Waals surface area contributed by atoms with Crippen LogP contribution in [-0.2, 0) is 6.61 Å². The highest BCUT2D eigenvalue weighted by molar-refractivity contribution is 5.72. The second kappa shape index (κ2) is 5.72. The van der Waals surface area contributed by atoms with Gasteiger partial charge < -0.3 is 5.11 Å². The Morgan fingerprint density at radius 3 is 1.80 bits per heavy atom. The van der Waals surface area contributed by atoms with Crippen molar-refractivity contribution in [2.75, 3.05) is 0 Å². The Bertz CT molecular complexity index is 684. The van der Waals surface area contributed by atoms with Crippen LogP contribution in [-0.4, -0.2) is 5.11 Å². The maximum Gasteiger partial charge on any atom is 0.0687 e. The molecule has 0 unspecified atom stereocenters. The quantitative estimate of drug-likeness (QED) is 0.734. The molecule has 3 aromatic rings. The molecule has 0 bridgehead atoms. The van der Waals surface area contributed by atoms with Crippen molar-refractivity contribution in [3.8, 4) is 22.3 Å². The summed E-state index contributed by atoms with van der Waals surface area (Å²) in [5.41, 5.74) is 5.61. The van der Waals surface area contributed by atoms with E-state index >= 15 is 0 Å². The van der Waals surface area contributed by atoms with E-state index in [1.165, 1.54) is 11.1 Å². The van der Waals surface area contributed by atoms with E-state index in [2.05, 4.69) is 36.4 Å². The molecular formula is C19H16O. The first kappa shape index (κ1) is 12.6. The van der Waals surface area contributed by atoms with Gasteiger partial charge >= 0.3 is 0 Å². The Kier molecular flexibility index (Phi) is 3.62. The fourth-order valence-corrected chi connectivity index (χ4v) is 2.41. The van der Waals surface area contributed by atoms with Crippen LogP contribution in [0.2, 0.25) is 0 Å². The average molecular weight is 260 g/mol. The number of benzene rings is 3. The lowest BCUT2D eigenvalue weighted by molar-refractivity contribution is 0.282. The number of rotatable bonds is 3. The van der Waals surface area contributed by atoms with Gasteiger partial charge in [0.05, 0.1) is 6.61 Å². The molecule has 0 atom stereocenters. The van der Waals surface area contributed by atoms with Crippen molar-refractivity contribution >= 4 is 0 Å². The van der Waals surface area contributed by atoms with Gasteiger partial charge in [0.2, 0.25) is 0 Å². The zero-order valence-electron chi connectivity index (χ0n) is 11.2. The SMILES string of the molecule is OCc1ccccc1-c1ccc(-c2ccccc2)cc1. The lowest BCUT2D eigenvalue weighted by Crippen LogP contribution is -1.88. The third kappa shape index (κ3) is 2.49. The molecule has 0 aliphatic carbocycles. The molecule has 0 heterocycles. The standard InChI is InChI=1S/C19H16O/c20-14-18-8-4-5-9-19(18)17-12-10-16(11-13-17)15-6-2-1-3-7-15/h1-13,20H,14H2. The Morgan fingerprint density at radius 2 is 1.10 bits per heavy atom. The first-order valence-electron chi connectivity index (χ1n) is 6.73. The van der Waals surface area contributed by atoms with Crippen LogP contribution in [0.3, 0.4) is 0 Å². The molecule has 0 aliphatic heterocycles.